The smallest absolute Gasteiger partial charge is 0.331 e. The number of ether oxygens (including phenoxy) is 1. The molecule has 8 heteroatoms. The van der Waals surface area contributed by atoms with Gasteiger partial charge in [-0.3, -0.25) is 9.48 Å². The molecule has 1 N–H and O–H groups in total. The standard InChI is InChI=1S/C17H23N5O3/c1-5-10-22-15(8-9-18-22)19-16(23)11-25-17(24)7-6-14-12(2)20-21(4)13(14)3/h6-9H,5,10-11H2,1-4H3,(H,19,23)/b7-6-. The molecule has 0 saturated carbocycles. The molecule has 0 aliphatic rings. The number of anilines is 1. The monoisotopic (exact) mass is 345 g/mol. The summed E-state index contributed by atoms with van der Waals surface area (Å²) < 4.78 is 8.40. The minimum Gasteiger partial charge on any atom is -0.452 e. The normalized spacial score (nSPS) is 11.0. The van der Waals surface area contributed by atoms with Crippen molar-refractivity contribution in [2.45, 2.75) is 33.7 Å². The van der Waals surface area contributed by atoms with Crippen LogP contribution in [0, 0.1) is 13.8 Å². The molecule has 0 bridgehead atoms. The molecule has 0 aromatic carbocycles. The Morgan fingerprint density at radius 3 is 2.76 bits per heavy atom. The van der Waals surface area contributed by atoms with Gasteiger partial charge >= 0.3 is 5.97 Å². The van der Waals surface area contributed by atoms with Gasteiger partial charge in [-0.15, -0.1) is 0 Å². The number of amides is 1. The second-order valence-corrected chi connectivity index (χ2v) is 5.64. The van der Waals surface area contributed by atoms with E-state index in [-0.39, 0.29) is 6.61 Å². The highest BCUT2D eigenvalue weighted by Crippen LogP contribution is 2.13. The fraction of sp³-hybridized carbons (Fsp3) is 0.412. The summed E-state index contributed by atoms with van der Waals surface area (Å²) in [6.45, 7) is 6.15. The zero-order chi connectivity index (χ0) is 18.4. The molecular weight excluding hydrogens is 322 g/mol. The van der Waals surface area contributed by atoms with E-state index in [4.69, 9.17) is 4.74 Å². The number of hydrogen-bond acceptors (Lipinski definition) is 5. The minimum absolute atomic E-state index is 0.356. The van der Waals surface area contributed by atoms with Gasteiger partial charge in [-0.1, -0.05) is 6.92 Å². The van der Waals surface area contributed by atoms with E-state index < -0.39 is 11.9 Å². The first-order valence-corrected chi connectivity index (χ1v) is 8.09. The van der Waals surface area contributed by atoms with Crippen LogP contribution in [0.2, 0.25) is 0 Å². The second kappa shape index (κ2) is 8.27. The molecule has 2 aromatic rings. The fourth-order valence-corrected chi connectivity index (χ4v) is 2.38. The molecule has 0 saturated heterocycles. The van der Waals surface area contributed by atoms with Crippen molar-refractivity contribution < 1.29 is 14.3 Å². The average Bonchev–Trinajstić information content (AvgIpc) is 3.09. The Labute approximate surface area is 146 Å². The quantitative estimate of drug-likeness (QED) is 0.611. The largest absolute Gasteiger partial charge is 0.452 e. The maximum atomic E-state index is 11.9. The first-order chi connectivity index (χ1) is 11.9. The van der Waals surface area contributed by atoms with Gasteiger partial charge in [0.05, 0.1) is 11.9 Å². The van der Waals surface area contributed by atoms with Gasteiger partial charge in [0.25, 0.3) is 5.91 Å². The van der Waals surface area contributed by atoms with Crippen LogP contribution in [0.3, 0.4) is 0 Å². The third kappa shape index (κ3) is 4.79. The van der Waals surface area contributed by atoms with Crippen LogP contribution in [0.15, 0.2) is 18.3 Å². The van der Waals surface area contributed by atoms with E-state index in [9.17, 15) is 9.59 Å². The molecule has 0 spiro atoms. The molecule has 0 aliphatic heterocycles. The summed E-state index contributed by atoms with van der Waals surface area (Å²) in [5.41, 5.74) is 2.64. The number of aromatic nitrogens is 4. The van der Waals surface area contributed by atoms with Gasteiger partial charge < -0.3 is 10.1 Å². The highest BCUT2D eigenvalue weighted by atomic mass is 16.5. The number of carbonyl (C=O) groups excluding carboxylic acids is 2. The van der Waals surface area contributed by atoms with Gasteiger partial charge in [-0.25, -0.2) is 9.48 Å². The van der Waals surface area contributed by atoms with Crippen molar-refractivity contribution in [2.75, 3.05) is 11.9 Å². The van der Waals surface area contributed by atoms with Crippen molar-refractivity contribution in [1.82, 2.24) is 19.6 Å². The second-order valence-electron chi connectivity index (χ2n) is 5.64. The van der Waals surface area contributed by atoms with Gasteiger partial charge in [-0.05, 0) is 26.3 Å². The van der Waals surface area contributed by atoms with Crippen molar-refractivity contribution in [3.8, 4) is 0 Å². The van der Waals surface area contributed by atoms with Crippen LogP contribution < -0.4 is 5.32 Å². The number of nitrogens with one attached hydrogen (secondary N) is 1. The van der Waals surface area contributed by atoms with Gasteiger partial charge in [-0.2, -0.15) is 10.2 Å². The average molecular weight is 345 g/mol. The van der Waals surface area contributed by atoms with Crippen molar-refractivity contribution in [3.63, 3.8) is 0 Å². The first kappa shape index (κ1) is 18.4. The number of rotatable bonds is 7. The highest BCUT2D eigenvalue weighted by molar-refractivity contribution is 5.94. The maximum absolute atomic E-state index is 11.9. The highest BCUT2D eigenvalue weighted by Gasteiger charge is 2.10. The fourth-order valence-electron chi connectivity index (χ4n) is 2.38. The molecule has 2 rings (SSSR count). The zero-order valence-electron chi connectivity index (χ0n) is 14.9. The molecular formula is C17H23N5O3. The van der Waals surface area contributed by atoms with Crippen LogP contribution in [-0.2, 0) is 27.9 Å². The Kier molecular flexibility index (Phi) is 6.10. The summed E-state index contributed by atoms with van der Waals surface area (Å²) in [5, 5.41) is 11.1. The summed E-state index contributed by atoms with van der Waals surface area (Å²) >= 11 is 0. The Morgan fingerprint density at radius 2 is 2.12 bits per heavy atom. The maximum Gasteiger partial charge on any atom is 0.331 e. The predicted molar refractivity (Wildman–Crippen MR) is 93.8 cm³/mol. The molecule has 0 fully saturated rings. The van der Waals surface area contributed by atoms with Crippen LogP contribution in [0.1, 0.15) is 30.3 Å². The molecule has 0 radical (unpaired) electrons. The number of nitrogens with zero attached hydrogens (tertiary/aromatic N) is 4. The molecule has 0 atom stereocenters. The Balaban J connectivity index is 1.86. The predicted octanol–water partition coefficient (Wildman–Crippen LogP) is 1.84. The third-order valence-corrected chi connectivity index (χ3v) is 3.72. The Hall–Kier alpha value is -2.90. The van der Waals surface area contributed by atoms with E-state index >= 15 is 0 Å². The van der Waals surface area contributed by atoms with Gasteiger partial charge in [0.2, 0.25) is 0 Å². The van der Waals surface area contributed by atoms with Crippen LogP contribution in [0.5, 0.6) is 0 Å². The lowest BCUT2D eigenvalue weighted by atomic mass is 10.2. The summed E-state index contributed by atoms with van der Waals surface area (Å²) in [6, 6.07) is 1.70. The zero-order valence-corrected chi connectivity index (χ0v) is 14.9. The first-order valence-electron chi connectivity index (χ1n) is 8.09. The summed E-state index contributed by atoms with van der Waals surface area (Å²) in [4.78, 5) is 23.7. The van der Waals surface area contributed by atoms with E-state index in [0.29, 0.717) is 12.4 Å². The van der Waals surface area contributed by atoms with Crippen molar-refractivity contribution in [3.05, 3.63) is 35.3 Å². The molecule has 134 valence electrons. The number of aryl methyl sites for hydroxylation is 3. The minimum atomic E-state index is -0.583. The molecule has 2 heterocycles. The lowest BCUT2D eigenvalue weighted by molar-refractivity contribution is -0.142. The third-order valence-electron chi connectivity index (χ3n) is 3.72. The molecule has 0 aliphatic carbocycles. The molecule has 1 amide bonds. The molecule has 8 nitrogen and oxygen atoms in total. The molecule has 0 unspecified atom stereocenters. The SMILES string of the molecule is CCCn1nccc1NC(=O)COC(=O)/C=C\c1c(C)nn(C)c1C. The Morgan fingerprint density at radius 1 is 1.36 bits per heavy atom. The van der Waals surface area contributed by atoms with Crippen LogP contribution >= 0.6 is 0 Å². The van der Waals surface area contributed by atoms with Crippen molar-refractivity contribution in [1.29, 1.82) is 0 Å². The van der Waals surface area contributed by atoms with Crippen LogP contribution in [0.4, 0.5) is 5.82 Å². The van der Waals surface area contributed by atoms with Crippen molar-refractivity contribution >= 4 is 23.8 Å². The van der Waals surface area contributed by atoms with Crippen LogP contribution in [-0.4, -0.2) is 38.0 Å². The van der Waals surface area contributed by atoms with Crippen molar-refractivity contribution in [2.24, 2.45) is 7.05 Å². The van der Waals surface area contributed by atoms with E-state index in [1.54, 1.807) is 27.7 Å². The Bertz CT molecular complexity index is 788. The number of hydrogen-bond donors (Lipinski definition) is 1. The number of esters is 1. The molecule has 2 aromatic heterocycles. The van der Waals surface area contributed by atoms with Gasteiger partial charge in [0.15, 0.2) is 6.61 Å². The lowest BCUT2D eigenvalue weighted by Gasteiger charge is -2.07. The topological polar surface area (TPSA) is 91.0 Å². The van der Waals surface area contributed by atoms with Gasteiger partial charge in [0, 0.05) is 37.0 Å². The van der Waals surface area contributed by atoms with E-state index in [2.05, 4.69) is 15.5 Å². The molecule has 25 heavy (non-hydrogen) atoms. The van der Waals surface area contributed by atoms with Gasteiger partial charge in [0.1, 0.15) is 5.82 Å². The van der Waals surface area contributed by atoms with E-state index in [1.807, 2.05) is 27.8 Å². The number of carbonyl (C=O) groups is 2. The van der Waals surface area contributed by atoms with E-state index in [0.717, 1.165) is 23.4 Å². The summed E-state index contributed by atoms with van der Waals surface area (Å²) in [7, 11) is 1.84. The lowest BCUT2D eigenvalue weighted by Crippen LogP contribution is -2.22. The van der Waals surface area contributed by atoms with Crippen LogP contribution in [0.25, 0.3) is 6.08 Å². The summed E-state index contributed by atoms with van der Waals surface area (Å²) in [5.74, 6) is -0.409. The van der Waals surface area contributed by atoms with E-state index in [1.165, 1.54) is 6.08 Å². The summed E-state index contributed by atoms with van der Waals surface area (Å²) in [6.07, 6.45) is 5.45.